The van der Waals surface area contributed by atoms with E-state index in [2.05, 4.69) is 0 Å². The molecule has 0 atom stereocenters. The lowest BCUT2D eigenvalue weighted by Gasteiger charge is -2.20. The molecule has 3 nitrogen and oxygen atoms in total. The molecule has 0 radical (unpaired) electrons. The Bertz CT molecular complexity index is 393. The summed E-state index contributed by atoms with van der Waals surface area (Å²) in [6.45, 7) is 4.63. The van der Waals surface area contributed by atoms with E-state index in [-0.39, 0.29) is 18.1 Å². The van der Waals surface area contributed by atoms with Crippen LogP contribution in [0, 0.1) is 12.7 Å². The van der Waals surface area contributed by atoms with E-state index in [0.717, 1.165) is 5.56 Å². The summed E-state index contributed by atoms with van der Waals surface area (Å²) in [6, 6.07) is 4.50. The fourth-order valence-corrected chi connectivity index (χ4v) is 1.64. The number of aryl methyl sites for hydroxylation is 1. The second kappa shape index (κ2) is 6.35. The molecule has 1 rings (SSSR count). The van der Waals surface area contributed by atoms with Crippen molar-refractivity contribution in [3.63, 3.8) is 0 Å². The number of aliphatic hydroxyl groups excluding tert-OH is 1. The van der Waals surface area contributed by atoms with Crippen LogP contribution in [0.1, 0.15) is 29.3 Å². The first-order valence-corrected chi connectivity index (χ1v) is 5.76. The van der Waals surface area contributed by atoms with Gasteiger partial charge in [0.2, 0.25) is 0 Å². The number of rotatable bonds is 5. The van der Waals surface area contributed by atoms with Crippen molar-refractivity contribution in [3.8, 4) is 0 Å². The molecule has 0 heterocycles. The highest BCUT2D eigenvalue weighted by atomic mass is 19.1. The summed E-state index contributed by atoms with van der Waals surface area (Å²) < 4.78 is 13.5. The molecule has 0 saturated heterocycles. The number of carbonyl (C=O) groups excluding carboxylic acids is 1. The Balaban J connectivity index is 2.89. The Labute approximate surface area is 101 Å². The largest absolute Gasteiger partial charge is 0.396 e. The fraction of sp³-hybridized carbons (Fsp3) is 0.462. The number of hydrogen-bond acceptors (Lipinski definition) is 2. The molecule has 0 spiro atoms. The van der Waals surface area contributed by atoms with Gasteiger partial charge < -0.3 is 10.0 Å². The van der Waals surface area contributed by atoms with E-state index in [4.69, 9.17) is 5.11 Å². The molecule has 0 aliphatic carbocycles. The van der Waals surface area contributed by atoms with Crippen LogP contribution in [-0.2, 0) is 0 Å². The van der Waals surface area contributed by atoms with Gasteiger partial charge in [0.05, 0.1) is 5.56 Å². The number of amides is 1. The first-order valence-electron chi connectivity index (χ1n) is 5.76. The monoisotopic (exact) mass is 239 g/mol. The van der Waals surface area contributed by atoms with E-state index in [1.807, 2.05) is 13.8 Å². The molecule has 17 heavy (non-hydrogen) atoms. The summed E-state index contributed by atoms with van der Waals surface area (Å²) in [4.78, 5) is 13.6. The van der Waals surface area contributed by atoms with Crippen LogP contribution < -0.4 is 0 Å². The minimum Gasteiger partial charge on any atom is -0.396 e. The third-order valence-electron chi connectivity index (χ3n) is 2.61. The fourth-order valence-electron chi connectivity index (χ4n) is 1.64. The third kappa shape index (κ3) is 3.53. The van der Waals surface area contributed by atoms with Crippen molar-refractivity contribution in [3.05, 3.63) is 35.1 Å². The highest BCUT2D eigenvalue weighted by Crippen LogP contribution is 2.13. The lowest BCUT2D eigenvalue weighted by atomic mass is 10.1. The highest BCUT2D eigenvalue weighted by molar-refractivity contribution is 5.94. The predicted octanol–water partition coefficient (Wildman–Crippen LogP) is 1.98. The molecule has 0 aromatic heterocycles. The number of nitrogens with zero attached hydrogens (tertiary/aromatic N) is 1. The molecular formula is C13H18FNO2. The Morgan fingerprint density at radius 1 is 1.47 bits per heavy atom. The number of halogens is 1. The van der Waals surface area contributed by atoms with Crippen LogP contribution in [0.3, 0.4) is 0 Å². The summed E-state index contributed by atoms with van der Waals surface area (Å²) in [7, 11) is 0. The summed E-state index contributed by atoms with van der Waals surface area (Å²) in [6.07, 6.45) is 0.507. The average molecular weight is 239 g/mol. The molecule has 0 fully saturated rings. The maximum atomic E-state index is 13.5. The summed E-state index contributed by atoms with van der Waals surface area (Å²) in [5.74, 6) is -0.815. The van der Waals surface area contributed by atoms with Gasteiger partial charge in [0.15, 0.2) is 0 Å². The number of aliphatic hydroxyl groups is 1. The molecule has 0 aliphatic heterocycles. The van der Waals surface area contributed by atoms with E-state index < -0.39 is 5.82 Å². The quantitative estimate of drug-likeness (QED) is 0.853. The van der Waals surface area contributed by atoms with E-state index in [1.54, 1.807) is 12.1 Å². The molecule has 0 saturated carbocycles. The first-order chi connectivity index (χ1) is 8.10. The Hall–Kier alpha value is -1.42. The second-order valence-electron chi connectivity index (χ2n) is 3.95. The zero-order valence-electron chi connectivity index (χ0n) is 10.2. The van der Waals surface area contributed by atoms with E-state index in [1.165, 1.54) is 11.0 Å². The van der Waals surface area contributed by atoms with Gasteiger partial charge in [-0.3, -0.25) is 4.79 Å². The molecule has 1 aromatic carbocycles. The van der Waals surface area contributed by atoms with Crippen LogP contribution in [0.5, 0.6) is 0 Å². The zero-order valence-corrected chi connectivity index (χ0v) is 10.2. The van der Waals surface area contributed by atoms with Crippen LogP contribution >= 0.6 is 0 Å². The molecule has 0 unspecified atom stereocenters. The molecule has 0 bridgehead atoms. The van der Waals surface area contributed by atoms with Gasteiger partial charge >= 0.3 is 0 Å². The second-order valence-corrected chi connectivity index (χ2v) is 3.95. The topological polar surface area (TPSA) is 40.5 Å². The SMILES string of the molecule is CCN(CCCO)C(=O)c1cc(C)ccc1F. The van der Waals surface area contributed by atoms with E-state index in [0.29, 0.717) is 19.5 Å². The average Bonchev–Trinajstić information content (AvgIpc) is 2.33. The number of hydrogen-bond donors (Lipinski definition) is 1. The lowest BCUT2D eigenvalue weighted by Crippen LogP contribution is -2.32. The Morgan fingerprint density at radius 2 is 2.18 bits per heavy atom. The highest BCUT2D eigenvalue weighted by Gasteiger charge is 2.17. The zero-order chi connectivity index (χ0) is 12.8. The molecule has 1 amide bonds. The van der Waals surface area contributed by atoms with Gasteiger partial charge in [-0.15, -0.1) is 0 Å². The van der Waals surface area contributed by atoms with Crippen molar-refractivity contribution in [2.24, 2.45) is 0 Å². The van der Waals surface area contributed by atoms with Crippen molar-refractivity contribution in [2.75, 3.05) is 19.7 Å². The smallest absolute Gasteiger partial charge is 0.256 e. The van der Waals surface area contributed by atoms with Gasteiger partial charge in [-0.2, -0.15) is 0 Å². The maximum absolute atomic E-state index is 13.5. The normalized spacial score (nSPS) is 10.4. The molecule has 0 aliphatic rings. The molecule has 1 N–H and O–H groups in total. The lowest BCUT2D eigenvalue weighted by molar-refractivity contribution is 0.0749. The van der Waals surface area contributed by atoms with Gasteiger partial charge in [-0.1, -0.05) is 11.6 Å². The maximum Gasteiger partial charge on any atom is 0.256 e. The van der Waals surface area contributed by atoms with Gasteiger partial charge in [0.25, 0.3) is 5.91 Å². The van der Waals surface area contributed by atoms with Gasteiger partial charge in [-0.05, 0) is 32.4 Å². The number of carbonyl (C=O) groups is 1. The van der Waals surface area contributed by atoms with Crippen LogP contribution in [-0.4, -0.2) is 35.6 Å². The minimum atomic E-state index is -0.497. The predicted molar refractivity (Wildman–Crippen MR) is 64.4 cm³/mol. The number of benzene rings is 1. The van der Waals surface area contributed by atoms with Crippen molar-refractivity contribution < 1.29 is 14.3 Å². The Morgan fingerprint density at radius 3 is 2.76 bits per heavy atom. The Kier molecular flexibility index (Phi) is 5.10. The molecule has 4 heteroatoms. The van der Waals surface area contributed by atoms with Crippen LogP contribution in [0.25, 0.3) is 0 Å². The van der Waals surface area contributed by atoms with E-state index in [9.17, 15) is 9.18 Å². The minimum absolute atomic E-state index is 0.0279. The molecular weight excluding hydrogens is 221 g/mol. The standard InChI is InChI=1S/C13H18FNO2/c1-3-15(7-4-8-16)13(17)11-9-10(2)5-6-12(11)14/h5-6,9,16H,3-4,7-8H2,1-2H3. The van der Waals surface area contributed by atoms with Gasteiger partial charge in [-0.25, -0.2) is 4.39 Å². The van der Waals surface area contributed by atoms with Crippen molar-refractivity contribution >= 4 is 5.91 Å². The van der Waals surface area contributed by atoms with E-state index >= 15 is 0 Å². The summed E-state index contributed by atoms with van der Waals surface area (Å²) in [5.41, 5.74) is 0.956. The van der Waals surface area contributed by atoms with Gasteiger partial charge in [0, 0.05) is 19.7 Å². The summed E-state index contributed by atoms with van der Waals surface area (Å²) in [5, 5.41) is 8.75. The molecule has 94 valence electrons. The van der Waals surface area contributed by atoms with Crippen molar-refractivity contribution in [1.82, 2.24) is 4.90 Å². The summed E-state index contributed by atoms with van der Waals surface area (Å²) >= 11 is 0. The van der Waals surface area contributed by atoms with Crippen LogP contribution in [0.15, 0.2) is 18.2 Å². The van der Waals surface area contributed by atoms with Crippen LogP contribution in [0.4, 0.5) is 4.39 Å². The van der Waals surface area contributed by atoms with Crippen molar-refractivity contribution in [1.29, 1.82) is 0 Å². The molecule has 1 aromatic rings. The third-order valence-corrected chi connectivity index (χ3v) is 2.61. The first kappa shape index (κ1) is 13.6. The van der Waals surface area contributed by atoms with Gasteiger partial charge in [0.1, 0.15) is 5.82 Å². The van der Waals surface area contributed by atoms with Crippen molar-refractivity contribution in [2.45, 2.75) is 20.3 Å². The van der Waals surface area contributed by atoms with Crippen LogP contribution in [0.2, 0.25) is 0 Å².